The first-order chi connectivity index (χ1) is 6.20. The van der Waals surface area contributed by atoms with Crippen LogP contribution in [0.2, 0.25) is 0 Å². The largest absolute Gasteiger partial charge is 0.283 e. The summed E-state index contributed by atoms with van der Waals surface area (Å²) in [5.74, 6) is 0.573. The lowest BCUT2D eigenvalue weighted by Gasteiger charge is -2.00. The SMILES string of the molecule is CC(C)c1cn(Br)c2ccccc12. The average Bonchev–Trinajstić information content (AvgIpc) is 2.45. The van der Waals surface area contributed by atoms with Gasteiger partial charge in [0.1, 0.15) is 0 Å². The van der Waals surface area contributed by atoms with E-state index in [-0.39, 0.29) is 0 Å². The van der Waals surface area contributed by atoms with E-state index in [9.17, 15) is 0 Å². The van der Waals surface area contributed by atoms with E-state index in [0.29, 0.717) is 5.92 Å². The van der Waals surface area contributed by atoms with Crippen molar-refractivity contribution in [3.8, 4) is 0 Å². The molecule has 0 saturated heterocycles. The summed E-state index contributed by atoms with van der Waals surface area (Å²) in [6, 6.07) is 8.43. The molecule has 1 aromatic carbocycles. The van der Waals surface area contributed by atoms with Gasteiger partial charge < -0.3 is 0 Å². The molecule has 0 unspecified atom stereocenters. The third-order valence-corrected chi connectivity index (χ3v) is 2.91. The highest BCUT2D eigenvalue weighted by atomic mass is 79.9. The number of hydrogen-bond acceptors (Lipinski definition) is 0. The Balaban J connectivity index is 2.78. The maximum Gasteiger partial charge on any atom is 0.0594 e. The van der Waals surface area contributed by atoms with Crippen molar-refractivity contribution in [2.45, 2.75) is 19.8 Å². The van der Waals surface area contributed by atoms with E-state index in [0.717, 1.165) is 0 Å². The number of rotatable bonds is 1. The maximum absolute atomic E-state index is 3.50. The summed E-state index contributed by atoms with van der Waals surface area (Å²) >= 11 is 3.50. The number of benzene rings is 1. The smallest absolute Gasteiger partial charge is 0.0594 e. The molecule has 2 rings (SSSR count). The number of fused-ring (bicyclic) bond motifs is 1. The molecule has 0 saturated carbocycles. The molecule has 68 valence electrons. The predicted molar refractivity (Wildman–Crippen MR) is 60.4 cm³/mol. The molecule has 1 heterocycles. The summed E-state index contributed by atoms with van der Waals surface area (Å²) in [5, 5.41) is 1.34. The molecule has 0 aliphatic rings. The third-order valence-electron chi connectivity index (χ3n) is 2.32. The average molecular weight is 238 g/mol. The van der Waals surface area contributed by atoms with Crippen LogP contribution in [0.25, 0.3) is 10.9 Å². The van der Waals surface area contributed by atoms with Crippen molar-refractivity contribution in [2.75, 3.05) is 0 Å². The second-order valence-electron chi connectivity index (χ2n) is 3.57. The minimum absolute atomic E-state index is 0.573. The molecule has 0 fully saturated rings. The van der Waals surface area contributed by atoms with Gasteiger partial charge >= 0.3 is 0 Å². The first-order valence-corrected chi connectivity index (χ1v) is 5.17. The third kappa shape index (κ3) is 1.39. The molecule has 0 aliphatic carbocycles. The Bertz CT molecular complexity index is 429. The van der Waals surface area contributed by atoms with Gasteiger partial charge in [-0.25, -0.2) is 0 Å². The van der Waals surface area contributed by atoms with Crippen LogP contribution >= 0.6 is 16.1 Å². The minimum Gasteiger partial charge on any atom is -0.283 e. The molecule has 2 aromatic rings. The van der Waals surface area contributed by atoms with Crippen LogP contribution in [-0.4, -0.2) is 3.59 Å². The van der Waals surface area contributed by atoms with Gasteiger partial charge in [-0.3, -0.25) is 3.59 Å². The van der Waals surface area contributed by atoms with Gasteiger partial charge in [0.05, 0.1) is 21.7 Å². The van der Waals surface area contributed by atoms with Crippen LogP contribution in [0, 0.1) is 0 Å². The molecule has 0 N–H and O–H groups in total. The summed E-state index contributed by atoms with van der Waals surface area (Å²) in [4.78, 5) is 0. The predicted octanol–water partition coefficient (Wildman–Crippen LogP) is 3.92. The topological polar surface area (TPSA) is 4.93 Å². The molecule has 0 amide bonds. The molecule has 13 heavy (non-hydrogen) atoms. The van der Waals surface area contributed by atoms with Gasteiger partial charge in [0.25, 0.3) is 0 Å². The lowest BCUT2D eigenvalue weighted by atomic mass is 10.0. The monoisotopic (exact) mass is 237 g/mol. The summed E-state index contributed by atoms with van der Waals surface area (Å²) in [6.45, 7) is 4.43. The Morgan fingerprint density at radius 1 is 1.23 bits per heavy atom. The van der Waals surface area contributed by atoms with Gasteiger partial charge in [-0.1, -0.05) is 32.0 Å². The highest BCUT2D eigenvalue weighted by Crippen LogP contribution is 2.28. The van der Waals surface area contributed by atoms with E-state index in [4.69, 9.17) is 0 Å². The van der Waals surface area contributed by atoms with Crippen LogP contribution in [-0.2, 0) is 0 Å². The molecule has 0 atom stereocenters. The van der Waals surface area contributed by atoms with Gasteiger partial charge in [-0.05, 0) is 17.5 Å². The maximum atomic E-state index is 3.50. The van der Waals surface area contributed by atoms with Gasteiger partial charge in [0.2, 0.25) is 0 Å². The number of aromatic nitrogens is 1. The molecule has 0 radical (unpaired) electrons. The molecule has 0 spiro atoms. The lowest BCUT2D eigenvalue weighted by Crippen LogP contribution is -1.82. The van der Waals surface area contributed by atoms with Crippen molar-refractivity contribution in [2.24, 2.45) is 0 Å². The van der Waals surface area contributed by atoms with Crippen LogP contribution in [0.3, 0.4) is 0 Å². The van der Waals surface area contributed by atoms with E-state index < -0.39 is 0 Å². The van der Waals surface area contributed by atoms with E-state index in [2.05, 4.69) is 60.5 Å². The Kier molecular flexibility index (Phi) is 2.16. The Hall–Kier alpha value is -0.760. The lowest BCUT2D eigenvalue weighted by molar-refractivity contribution is 0.874. The van der Waals surface area contributed by atoms with E-state index in [1.165, 1.54) is 16.5 Å². The van der Waals surface area contributed by atoms with Gasteiger partial charge in [-0.15, -0.1) is 0 Å². The first-order valence-electron chi connectivity index (χ1n) is 4.46. The minimum atomic E-state index is 0.573. The molecule has 2 heteroatoms. The Labute approximate surface area is 86.7 Å². The highest BCUT2D eigenvalue weighted by molar-refractivity contribution is 9.08. The fraction of sp³-hybridized carbons (Fsp3) is 0.273. The molecule has 0 bridgehead atoms. The highest BCUT2D eigenvalue weighted by Gasteiger charge is 2.08. The van der Waals surface area contributed by atoms with Gasteiger partial charge in [0.15, 0.2) is 0 Å². The van der Waals surface area contributed by atoms with Crippen LogP contribution in [0.15, 0.2) is 30.5 Å². The number of para-hydroxylation sites is 1. The van der Waals surface area contributed by atoms with E-state index in [1.807, 2.05) is 3.59 Å². The van der Waals surface area contributed by atoms with Crippen molar-refractivity contribution in [3.05, 3.63) is 36.0 Å². The quantitative estimate of drug-likeness (QED) is 0.709. The van der Waals surface area contributed by atoms with E-state index in [1.54, 1.807) is 0 Å². The summed E-state index contributed by atoms with van der Waals surface area (Å²) in [7, 11) is 0. The van der Waals surface area contributed by atoms with Gasteiger partial charge in [0, 0.05) is 11.6 Å². The zero-order chi connectivity index (χ0) is 9.42. The zero-order valence-electron chi connectivity index (χ0n) is 7.79. The van der Waals surface area contributed by atoms with Crippen molar-refractivity contribution >= 4 is 27.1 Å². The molecular formula is C11H12BrN. The van der Waals surface area contributed by atoms with Crippen molar-refractivity contribution < 1.29 is 0 Å². The summed E-state index contributed by atoms with van der Waals surface area (Å²) in [5.41, 5.74) is 2.64. The standard InChI is InChI=1S/C11H12BrN/c1-8(2)10-7-13(12)11-6-4-3-5-9(10)11/h3-8H,1-2H3. The number of hydrogen-bond donors (Lipinski definition) is 0. The molecule has 1 aromatic heterocycles. The van der Waals surface area contributed by atoms with Crippen LogP contribution in [0.1, 0.15) is 25.3 Å². The van der Waals surface area contributed by atoms with Crippen LogP contribution < -0.4 is 0 Å². The summed E-state index contributed by atoms with van der Waals surface area (Å²) in [6.07, 6.45) is 2.15. The number of nitrogens with zero attached hydrogens (tertiary/aromatic N) is 1. The van der Waals surface area contributed by atoms with Crippen molar-refractivity contribution in [3.63, 3.8) is 0 Å². The summed E-state index contributed by atoms with van der Waals surface area (Å²) < 4.78 is 2.01. The normalized spacial score (nSPS) is 11.4. The molecule has 0 aliphatic heterocycles. The fourth-order valence-electron chi connectivity index (χ4n) is 1.63. The Morgan fingerprint density at radius 3 is 2.62 bits per heavy atom. The van der Waals surface area contributed by atoms with Crippen LogP contribution in [0.5, 0.6) is 0 Å². The second-order valence-corrected chi connectivity index (χ2v) is 4.33. The van der Waals surface area contributed by atoms with Crippen LogP contribution in [0.4, 0.5) is 0 Å². The van der Waals surface area contributed by atoms with Crippen molar-refractivity contribution in [1.82, 2.24) is 3.59 Å². The number of halogens is 1. The fourth-order valence-corrected chi connectivity index (χ4v) is 2.16. The Morgan fingerprint density at radius 2 is 1.92 bits per heavy atom. The zero-order valence-corrected chi connectivity index (χ0v) is 9.38. The second kappa shape index (κ2) is 3.18. The molecule has 1 nitrogen and oxygen atoms in total. The molecular weight excluding hydrogens is 226 g/mol. The van der Waals surface area contributed by atoms with E-state index >= 15 is 0 Å². The first kappa shape index (κ1) is 8.82. The van der Waals surface area contributed by atoms with Crippen molar-refractivity contribution in [1.29, 1.82) is 0 Å². The van der Waals surface area contributed by atoms with Gasteiger partial charge in [-0.2, -0.15) is 0 Å².